The van der Waals surface area contributed by atoms with Gasteiger partial charge in [0.25, 0.3) is 0 Å². The Kier molecular flexibility index (Phi) is 7.80. The van der Waals surface area contributed by atoms with Crippen molar-refractivity contribution in [2.45, 2.75) is 31.9 Å². The van der Waals surface area contributed by atoms with Gasteiger partial charge in [0.05, 0.1) is 12.2 Å². The maximum Gasteiger partial charge on any atom is 0.338 e. The van der Waals surface area contributed by atoms with E-state index in [1.165, 1.54) is 12.1 Å². The number of carboxylic acids is 1. The second-order valence-corrected chi connectivity index (χ2v) is 4.64. The Morgan fingerprint density at radius 1 is 1.29 bits per heavy atom. The fourth-order valence-electron chi connectivity index (χ4n) is 1.89. The van der Waals surface area contributed by atoms with Crippen LogP contribution in [-0.4, -0.2) is 41.8 Å². The summed E-state index contributed by atoms with van der Waals surface area (Å²) in [7, 11) is 0. The third-order valence-electron chi connectivity index (χ3n) is 2.99. The molecule has 0 saturated carbocycles. The van der Waals surface area contributed by atoms with Gasteiger partial charge in [-0.05, 0) is 31.0 Å². The van der Waals surface area contributed by atoms with Gasteiger partial charge in [-0.15, -0.1) is 0 Å². The highest BCUT2D eigenvalue weighted by molar-refractivity contribution is 5.89. The smallest absolute Gasteiger partial charge is 0.338 e. The lowest BCUT2D eigenvalue weighted by molar-refractivity contribution is -0.146. The summed E-state index contributed by atoms with van der Waals surface area (Å²) in [5.41, 5.74) is 8.72. The summed E-state index contributed by atoms with van der Waals surface area (Å²) in [4.78, 5) is 37.2. The second-order valence-electron chi connectivity index (χ2n) is 4.64. The minimum Gasteiger partial charge on any atom is -0.481 e. The minimum atomic E-state index is -1.64. The number of hydrogen-bond acceptors (Lipinski definition) is 6. The van der Waals surface area contributed by atoms with Crippen molar-refractivity contribution in [1.82, 2.24) is 0 Å². The Morgan fingerprint density at radius 3 is 2.50 bits per heavy atom. The summed E-state index contributed by atoms with van der Waals surface area (Å²) in [6.45, 7) is 1.80. The monoisotopic (exact) mass is 335 g/mol. The summed E-state index contributed by atoms with van der Waals surface area (Å²) in [5.74, 6) is -2.80. The summed E-state index contributed by atoms with van der Waals surface area (Å²) < 4.78 is 9.90. The Hall–Kier alpha value is -3.06. The van der Waals surface area contributed by atoms with Gasteiger partial charge < -0.3 is 14.6 Å². The lowest BCUT2D eigenvalue weighted by atomic mass is 10.1. The van der Waals surface area contributed by atoms with E-state index >= 15 is 0 Å². The van der Waals surface area contributed by atoms with Gasteiger partial charge in [0.2, 0.25) is 0 Å². The van der Waals surface area contributed by atoms with Gasteiger partial charge in [0.15, 0.2) is 6.04 Å². The van der Waals surface area contributed by atoms with Crippen LogP contribution in [-0.2, 0) is 19.1 Å². The highest BCUT2D eigenvalue weighted by atomic mass is 16.5. The first-order valence-electron chi connectivity index (χ1n) is 7.18. The van der Waals surface area contributed by atoms with Gasteiger partial charge in [-0.2, -0.15) is 0 Å². The minimum absolute atomic E-state index is 0.145. The van der Waals surface area contributed by atoms with Crippen LogP contribution in [0, 0.1) is 0 Å². The van der Waals surface area contributed by atoms with E-state index < -0.39 is 30.1 Å². The first-order valence-corrected chi connectivity index (χ1v) is 7.18. The number of rotatable bonds is 9. The predicted molar refractivity (Wildman–Crippen MR) is 82.1 cm³/mol. The molecule has 0 aliphatic heterocycles. The average Bonchev–Trinajstić information content (AvgIpc) is 2.57. The number of carbonyl (C=O) groups excluding carboxylic acids is 2. The maximum atomic E-state index is 12.1. The lowest BCUT2D eigenvalue weighted by Gasteiger charge is -2.20. The van der Waals surface area contributed by atoms with E-state index in [1.807, 2.05) is 0 Å². The molecule has 128 valence electrons. The van der Waals surface area contributed by atoms with Crippen molar-refractivity contribution in [2.75, 3.05) is 6.61 Å². The second kappa shape index (κ2) is 9.86. The molecule has 0 unspecified atom stereocenters. The largest absolute Gasteiger partial charge is 0.481 e. The first-order chi connectivity index (χ1) is 11.5. The van der Waals surface area contributed by atoms with Gasteiger partial charge in [0, 0.05) is 11.3 Å². The van der Waals surface area contributed by atoms with Crippen LogP contribution in [0.4, 0.5) is 0 Å². The van der Waals surface area contributed by atoms with E-state index in [0.29, 0.717) is 0 Å². The molecule has 2 atom stereocenters. The molecule has 0 aliphatic carbocycles. The molecule has 1 aromatic rings. The number of benzene rings is 1. The summed E-state index contributed by atoms with van der Waals surface area (Å²) in [6, 6.07) is 6.28. The Balaban J connectivity index is 2.90. The maximum absolute atomic E-state index is 12.1. The molecule has 0 amide bonds. The van der Waals surface area contributed by atoms with E-state index in [-0.39, 0.29) is 25.0 Å². The Bertz CT molecular complexity index is 625. The zero-order chi connectivity index (χ0) is 17.9. The predicted octanol–water partition coefficient (Wildman–Crippen LogP) is 2.32. The molecule has 1 N–H and O–H groups in total. The quantitative estimate of drug-likeness (QED) is 0.318. The summed E-state index contributed by atoms with van der Waals surface area (Å²) >= 11 is 0. The van der Waals surface area contributed by atoms with E-state index in [1.54, 1.807) is 25.1 Å². The fourth-order valence-corrected chi connectivity index (χ4v) is 1.89. The van der Waals surface area contributed by atoms with Crippen LogP contribution in [0.5, 0.6) is 0 Å². The molecule has 0 bridgehead atoms. The number of esters is 2. The fraction of sp³-hybridized carbons (Fsp3) is 0.400. The number of carbonyl (C=O) groups is 3. The van der Waals surface area contributed by atoms with Crippen LogP contribution in [0.15, 0.2) is 35.4 Å². The van der Waals surface area contributed by atoms with Crippen LogP contribution in [0.1, 0.15) is 30.1 Å². The normalized spacial score (nSPS) is 12.4. The molecule has 1 rings (SSSR count). The van der Waals surface area contributed by atoms with Gasteiger partial charge >= 0.3 is 17.9 Å². The topological polar surface area (TPSA) is 139 Å². The molecule has 24 heavy (non-hydrogen) atoms. The van der Waals surface area contributed by atoms with Gasteiger partial charge in [-0.1, -0.05) is 23.3 Å². The van der Waals surface area contributed by atoms with Crippen LogP contribution < -0.4 is 0 Å². The molecular formula is C15H17N3O6. The number of nitrogens with zero attached hydrogens (tertiary/aromatic N) is 3. The molecule has 9 heteroatoms. The number of azide groups is 1. The highest BCUT2D eigenvalue weighted by Crippen LogP contribution is 2.15. The molecule has 0 saturated heterocycles. The number of hydrogen-bond donors (Lipinski definition) is 1. The third kappa shape index (κ3) is 5.98. The van der Waals surface area contributed by atoms with Crippen LogP contribution in [0.3, 0.4) is 0 Å². The molecule has 0 aromatic heterocycles. The highest BCUT2D eigenvalue weighted by Gasteiger charge is 2.31. The van der Waals surface area contributed by atoms with Crippen molar-refractivity contribution in [3.05, 3.63) is 46.3 Å². The Labute approximate surface area is 137 Å². The van der Waals surface area contributed by atoms with Crippen molar-refractivity contribution in [2.24, 2.45) is 5.11 Å². The molecule has 9 nitrogen and oxygen atoms in total. The standard InChI is InChI=1S/C15H17N3O6/c1-2-23-12(19)9-8-11(13(14(20)21)17-18-16)24-15(22)10-6-4-3-5-7-10/h3-7,11,13H,2,8-9H2,1H3,(H,20,21)/t11-,13+/m0/s1. The number of aliphatic carboxylic acids is 1. The zero-order valence-electron chi connectivity index (χ0n) is 13.0. The third-order valence-corrected chi connectivity index (χ3v) is 2.99. The number of ether oxygens (including phenoxy) is 2. The van der Waals surface area contributed by atoms with Crippen molar-refractivity contribution >= 4 is 17.9 Å². The Morgan fingerprint density at radius 2 is 1.96 bits per heavy atom. The van der Waals surface area contributed by atoms with Crippen LogP contribution in [0.2, 0.25) is 0 Å². The van der Waals surface area contributed by atoms with E-state index in [2.05, 4.69) is 10.0 Å². The van der Waals surface area contributed by atoms with Crippen molar-refractivity contribution in [3.63, 3.8) is 0 Å². The van der Waals surface area contributed by atoms with E-state index in [0.717, 1.165) is 0 Å². The average molecular weight is 335 g/mol. The lowest BCUT2D eigenvalue weighted by Crippen LogP contribution is -2.36. The van der Waals surface area contributed by atoms with Crippen LogP contribution in [0.25, 0.3) is 10.4 Å². The molecule has 0 radical (unpaired) electrons. The van der Waals surface area contributed by atoms with Gasteiger partial charge in [0.1, 0.15) is 6.10 Å². The molecule has 1 aromatic carbocycles. The zero-order valence-corrected chi connectivity index (χ0v) is 13.0. The first kappa shape index (κ1) is 19.0. The van der Waals surface area contributed by atoms with E-state index in [9.17, 15) is 14.4 Å². The molecular weight excluding hydrogens is 318 g/mol. The summed E-state index contributed by atoms with van der Waals surface area (Å²) in [5, 5.41) is 12.3. The van der Waals surface area contributed by atoms with Crippen molar-refractivity contribution in [1.29, 1.82) is 0 Å². The molecule has 0 fully saturated rings. The van der Waals surface area contributed by atoms with Crippen molar-refractivity contribution < 1.29 is 29.0 Å². The summed E-state index contributed by atoms with van der Waals surface area (Å²) in [6.07, 6.45) is -1.62. The number of carboxylic acid groups (broad SMARTS) is 1. The van der Waals surface area contributed by atoms with E-state index in [4.69, 9.17) is 20.1 Å². The molecule has 0 aliphatic rings. The van der Waals surface area contributed by atoms with Crippen molar-refractivity contribution in [3.8, 4) is 0 Å². The van der Waals surface area contributed by atoms with Crippen LogP contribution >= 0.6 is 0 Å². The molecule has 0 heterocycles. The van der Waals surface area contributed by atoms with Gasteiger partial charge in [-0.25, -0.2) is 4.79 Å². The van der Waals surface area contributed by atoms with Gasteiger partial charge in [-0.3, -0.25) is 9.59 Å². The molecule has 0 spiro atoms. The SMILES string of the molecule is CCOC(=O)CC[C@H](OC(=O)c1ccccc1)[C@@H](N=[N+]=[N-])C(=O)O.